The smallest absolute Gasteiger partial charge is 0.310 e. The molecule has 0 aliphatic carbocycles. The third kappa shape index (κ3) is 4.48. The molecule has 0 saturated heterocycles. The molecular formula is C10H19O6P. The lowest BCUT2D eigenvalue weighted by Gasteiger charge is -2.31. The van der Waals surface area contributed by atoms with E-state index in [9.17, 15) is 14.2 Å². The van der Waals surface area contributed by atoms with E-state index in [0.29, 0.717) is 6.42 Å². The van der Waals surface area contributed by atoms with Gasteiger partial charge in [0.25, 0.3) is 0 Å². The second-order valence-corrected chi connectivity index (χ2v) is 5.69. The maximum atomic E-state index is 11.2. The summed E-state index contributed by atoms with van der Waals surface area (Å²) in [5, 5.41) is 17.8. The van der Waals surface area contributed by atoms with E-state index in [0.717, 1.165) is 6.42 Å². The number of carboxylic acids is 2. The average molecular weight is 266 g/mol. The number of carboxylic acid groups (broad SMARTS) is 2. The molecule has 0 saturated carbocycles. The third-order valence-electron chi connectivity index (χ3n) is 2.98. The normalized spacial score (nSPS) is 18.1. The highest BCUT2D eigenvalue weighted by Crippen LogP contribution is 2.43. The Balaban J connectivity index is 5.14. The summed E-state index contributed by atoms with van der Waals surface area (Å²) in [7, 11) is -3.21. The van der Waals surface area contributed by atoms with Crippen molar-refractivity contribution in [1.29, 1.82) is 0 Å². The first kappa shape index (κ1) is 16.1. The van der Waals surface area contributed by atoms with Crippen LogP contribution < -0.4 is 0 Å². The molecule has 0 bridgehead atoms. The Kier molecular flexibility index (Phi) is 6.42. The van der Waals surface area contributed by atoms with Gasteiger partial charge >= 0.3 is 11.9 Å². The summed E-state index contributed by atoms with van der Waals surface area (Å²) in [4.78, 5) is 31.0. The lowest BCUT2D eigenvalue weighted by atomic mass is 9.80. The molecule has 0 radical (unpaired) electrons. The van der Waals surface area contributed by atoms with Crippen molar-refractivity contribution in [2.45, 2.75) is 45.2 Å². The number of unbranched alkanes of at least 4 members (excludes halogenated alkanes) is 1. The van der Waals surface area contributed by atoms with Crippen LogP contribution in [-0.2, 0) is 14.2 Å². The van der Waals surface area contributed by atoms with E-state index < -0.39 is 37.5 Å². The van der Waals surface area contributed by atoms with E-state index in [1.54, 1.807) is 0 Å². The first-order valence-electron chi connectivity index (χ1n) is 5.43. The molecule has 0 aromatic carbocycles. The Hall–Kier alpha value is -0.870. The van der Waals surface area contributed by atoms with Crippen LogP contribution in [0.3, 0.4) is 0 Å². The molecule has 0 rings (SSSR count). The number of aliphatic carboxylic acids is 2. The van der Waals surface area contributed by atoms with Crippen LogP contribution in [0.25, 0.3) is 0 Å². The molecule has 0 spiro atoms. The number of hydrogen-bond acceptors (Lipinski definition) is 3. The van der Waals surface area contributed by atoms with E-state index in [1.165, 1.54) is 6.92 Å². The Morgan fingerprint density at radius 3 is 2.18 bits per heavy atom. The summed E-state index contributed by atoms with van der Waals surface area (Å²) in [6.07, 6.45) is 0.928. The standard InChI is InChI=1S/C10H19O6P/c1-3-4-5-10(2,9(13)14)7(17(15)16)6-8(11)12/h7,17H,3-6H2,1-2H3,(H,11,12)(H,13,14)(H,15,16). The van der Waals surface area contributed by atoms with Crippen molar-refractivity contribution in [3.63, 3.8) is 0 Å². The monoisotopic (exact) mass is 266 g/mol. The van der Waals surface area contributed by atoms with Crippen LogP contribution in [0.4, 0.5) is 0 Å². The van der Waals surface area contributed by atoms with Gasteiger partial charge in [-0.2, -0.15) is 0 Å². The SMILES string of the molecule is CCCCC(C)(C(=O)O)C(CC(=O)O)[PH](=O)O. The van der Waals surface area contributed by atoms with Crippen LogP contribution in [0.5, 0.6) is 0 Å². The van der Waals surface area contributed by atoms with Crippen LogP contribution in [0, 0.1) is 5.41 Å². The minimum Gasteiger partial charge on any atom is -0.481 e. The lowest BCUT2D eigenvalue weighted by Crippen LogP contribution is -2.39. The number of rotatable bonds is 8. The minimum absolute atomic E-state index is 0.202. The molecule has 100 valence electrons. The highest BCUT2D eigenvalue weighted by Gasteiger charge is 2.44. The minimum atomic E-state index is -3.21. The Labute approximate surface area is 101 Å². The second kappa shape index (κ2) is 6.77. The summed E-state index contributed by atoms with van der Waals surface area (Å²) < 4.78 is 11.2. The van der Waals surface area contributed by atoms with Crippen molar-refractivity contribution in [3.8, 4) is 0 Å². The number of carbonyl (C=O) groups is 2. The maximum Gasteiger partial charge on any atom is 0.310 e. The molecule has 3 N–H and O–H groups in total. The van der Waals surface area contributed by atoms with Crippen LogP contribution in [0.2, 0.25) is 0 Å². The maximum absolute atomic E-state index is 11.2. The molecule has 3 atom stereocenters. The molecule has 0 amide bonds. The van der Waals surface area contributed by atoms with Gasteiger partial charge in [-0.3, -0.25) is 14.2 Å². The summed E-state index contributed by atoms with van der Waals surface area (Å²) in [6.45, 7) is 3.22. The van der Waals surface area contributed by atoms with Crippen LogP contribution >= 0.6 is 8.03 Å². The van der Waals surface area contributed by atoms with E-state index in [2.05, 4.69) is 0 Å². The molecule has 6 nitrogen and oxygen atoms in total. The van der Waals surface area contributed by atoms with Crippen molar-refractivity contribution in [2.24, 2.45) is 5.41 Å². The third-order valence-corrected chi connectivity index (χ3v) is 4.42. The molecule has 0 aromatic rings. The topological polar surface area (TPSA) is 112 Å². The largest absolute Gasteiger partial charge is 0.481 e. The van der Waals surface area contributed by atoms with Crippen LogP contribution in [-0.4, -0.2) is 32.7 Å². The van der Waals surface area contributed by atoms with Crippen molar-refractivity contribution in [1.82, 2.24) is 0 Å². The van der Waals surface area contributed by atoms with Crippen molar-refractivity contribution < 1.29 is 29.3 Å². The molecule has 17 heavy (non-hydrogen) atoms. The van der Waals surface area contributed by atoms with Gasteiger partial charge in [0.15, 0.2) is 8.03 Å². The predicted octanol–water partition coefficient (Wildman–Crippen LogP) is 1.58. The van der Waals surface area contributed by atoms with Gasteiger partial charge in [-0.25, -0.2) is 0 Å². The van der Waals surface area contributed by atoms with Gasteiger partial charge in [0.05, 0.1) is 17.5 Å². The van der Waals surface area contributed by atoms with E-state index in [1.807, 2.05) is 6.92 Å². The molecule has 7 heteroatoms. The lowest BCUT2D eigenvalue weighted by molar-refractivity contribution is -0.149. The average Bonchev–Trinajstić information content (AvgIpc) is 2.21. The van der Waals surface area contributed by atoms with Gasteiger partial charge < -0.3 is 15.1 Å². The summed E-state index contributed by atoms with van der Waals surface area (Å²) >= 11 is 0. The highest BCUT2D eigenvalue weighted by molar-refractivity contribution is 7.39. The molecule has 0 aromatic heterocycles. The van der Waals surface area contributed by atoms with Gasteiger partial charge in [-0.05, 0) is 13.3 Å². The van der Waals surface area contributed by atoms with Crippen LogP contribution in [0.1, 0.15) is 39.5 Å². The predicted molar refractivity (Wildman–Crippen MR) is 62.5 cm³/mol. The molecule has 0 aliphatic rings. The first-order valence-corrected chi connectivity index (χ1v) is 6.87. The van der Waals surface area contributed by atoms with Crippen LogP contribution in [0.15, 0.2) is 0 Å². The fourth-order valence-corrected chi connectivity index (χ4v) is 2.90. The van der Waals surface area contributed by atoms with E-state index in [-0.39, 0.29) is 6.42 Å². The van der Waals surface area contributed by atoms with Gasteiger partial charge in [0, 0.05) is 0 Å². The fraction of sp³-hybridized carbons (Fsp3) is 0.800. The van der Waals surface area contributed by atoms with Gasteiger partial charge in [0.2, 0.25) is 0 Å². The van der Waals surface area contributed by atoms with Gasteiger partial charge in [-0.15, -0.1) is 0 Å². The van der Waals surface area contributed by atoms with Crippen molar-refractivity contribution in [2.75, 3.05) is 0 Å². The Morgan fingerprint density at radius 1 is 1.35 bits per heavy atom. The van der Waals surface area contributed by atoms with Gasteiger partial charge in [-0.1, -0.05) is 19.8 Å². The molecule has 3 unspecified atom stereocenters. The summed E-state index contributed by atoms with van der Waals surface area (Å²) in [6, 6.07) is 0. The second-order valence-electron chi connectivity index (χ2n) is 4.31. The highest BCUT2D eigenvalue weighted by atomic mass is 31.1. The zero-order chi connectivity index (χ0) is 13.6. The first-order chi connectivity index (χ1) is 7.75. The van der Waals surface area contributed by atoms with Crippen molar-refractivity contribution >= 4 is 20.0 Å². The van der Waals surface area contributed by atoms with E-state index >= 15 is 0 Å². The molecular weight excluding hydrogens is 247 g/mol. The van der Waals surface area contributed by atoms with Crippen molar-refractivity contribution in [3.05, 3.63) is 0 Å². The quantitative estimate of drug-likeness (QED) is 0.575. The fourth-order valence-electron chi connectivity index (χ4n) is 1.73. The zero-order valence-corrected chi connectivity index (χ0v) is 11.0. The molecule has 0 aliphatic heterocycles. The zero-order valence-electron chi connectivity index (χ0n) is 9.97. The Bertz CT molecular complexity index is 316. The molecule has 0 fully saturated rings. The molecule has 0 heterocycles. The Morgan fingerprint density at radius 2 is 1.88 bits per heavy atom. The number of hydrogen-bond donors (Lipinski definition) is 3. The van der Waals surface area contributed by atoms with E-state index in [4.69, 9.17) is 15.1 Å². The summed E-state index contributed by atoms with van der Waals surface area (Å²) in [5.74, 6) is -2.48. The summed E-state index contributed by atoms with van der Waals surface area (Å²) in [5.41, 5.74) is -2.69. The van der Waals surface area contributed by atoms with Gasteiger partial charge in [0.1, 0.15) is 0 Å².